The molecule has 0 heterocycles. The van der Waals surface area contributed by atoms with Crippen LogP contribution in [0.1, 0.15) is 18.9 Å². The van der Waals surface area contributed by atoms with E-state index in [9.17, 15) is 21.6 Å². The third-order valence-electron chi connectivity index (χ3n) is 2.44. The van der Waals surface area contributed by atoms with Crippen LogP contribution in [0.15, 0.2) is 23.1 Å². The maximum absolute atomic E-state index is 12.6. The number of nitrogens with two attached hydrogens (primary N) is 1. The quantitative estimate of drug-likeness (QED) is 0.841. The Labute approximate surface area is 132 Å². The van der Waals surface area contributed by atoms with E-state index in [4.69, 9.17) is 17.3 Å². The molecule has 122 valence electrons. The lowest BCUT2D eigenvalue weighted by Crippen LogP contribution is -2.29. The SMILES string of the molecule is CC(N)CCNS(=O)(=O)c1cc(C(F)(F)F)ccc1Cl.Cl. The van der Waals surface area contributed by atoms with Gasteiger partial charge in [-0.3, -0.25) is 0 Å². The molecule has 0 radical (unpaired) electrons. The van der Waals surface area contributed by atoms with E-state index in [1.807, 2.05) is 0 Å². The van der Waals surface area contributed by atoms with Crippen molar-refractivity contribution < 1.29 is 21.6 Å². The zero-order chi connectivity index (χ0) is 15.6. The van der Waals surface area contributed by atoms with Gasteiger partial charge < -0.3 is 5.73 Å². The molecule has 1 aromatic carbocycles. The Bertz CT molecular complexity index is 577. The maximum Gasteiger partial charge on any atom is 0.416 e. The van der Waals surface area contributed by atoms with Gasteiger partial charge in [0.25, 0.3) is 0 Å². The van der Waals surface area contributed by atoms with E-state index in [1.165, 1.54) is 0 Å². The summed E-state index contributed by atoms with van der Waals surface area (Å²) in [5.74, 6) is 0. The summed E-state index contributed by atoms with van der Waals surface area (Å²) in [5, 5.41) is -0.272. The third kappa shape index (κ3) is 5.99. The predicted molar refractivity (Wildman–Crippen MR) is 77.2 cm³/mol. The molecule has 1 unspecified atom stereocenters. The monoisotopic (exact) mass is 366 g/mol. The fraction of sp³-hybridized carbons (Fsp3) is 0.455. The zero-order valence-corrected chi connectivity index (χ0v) is 13.3. The van der Waals surface area contributed by atoms with E-state index < -0.39 is 26.7 Å². The predicted octanol–water partition coefficient (Wildman–Crippen LogP) is 2.80. The zero-order valence-electron chi connectivity index (χ0n) is 10.9. The van der Waals surface area contributed by atoms with Gasteiger partial charge in [0.15, 0.2) is 0 Å². The van der Waals surface area contributed by atoms with Gasteiger partial charge in [-0.1, -0.05) is 11.6 Å². The van der Waals surface area contributed by atoms with Crippen LogP contribution >= 0.6 is 24.0 Å². The van der Waals surface area contributed by atoms with Gasteiger partial charge in [-0.2, -0.15) is 13.2 Å². The number of nitrogens with one attached hydrogen (secondary N) is 1. The van der Waals surface area contributed by atoms with E-state index in [0.29, 0.717) is 12.5 Å². The summed E-state index contributed by atoms with van der Waals surface area (Å²) in [6.07, 6.45) is -4.28. The number of alkyl halides is 3. The third-order valence-corrected chi connectivity index (χ3v) is 4.38. The summed E-state index contributed by atoms with van der Waals surface area (Å²) < 4.78 is 63.7. The molecule has 0 saturated carbocycles. The van der Waals surface area contributed by atoms with Crippen molar-refractivity contribution in [2.75, 3.05) is 6.54 Å². The Balaban J connectivity index is 0.00000400. The van der Waals surface area contributed by atoms with Gasteiger partial charge in [0.2, 0.25) is 10.0 Å². The smallest absolute Gasteiger partial charge is 0.328 e. The summed E-state index contributed by atoms with van der Waals surface area (Å²) in [6, 6.07) is 1.92. The van der Waals surface area contributed by atoms with Crippen LogP contribution in [0, 0.1) is 0 Å². The minimum absolute atomic E-state index is 0. The number of halogens is 5. The Morgan fingerprint density at radius 2 is 1.95 bits per heavy atom. The van der Waals surface area contributed by atoms with E-state index in [-0.39, 0.29) is 30.0 Å². The molecule has 1 rings (SSSR count). The second-order valence-electron chi connectivity index (χ2n) is 4.31. The van der Waals surface area contributed by atoms with Crippen LogP contribution in [-0.4, -0.2) is 21.0 Å². The minimum atomic E-state index is -4.64. The fourth-order valence-corrected chi connectivity index (χ4v) is 2.96. The number of hydrogen-bond donors (Lipinski definition) is 2. The first-order valence-electron chi connectivity index (χ1n) is 5.66. The molecule has 3 N–H and O–H groups in total. The van der Waals surface area contributed by atoms with Crippen molar-refractivity contribution in [2.24, 2.45) is 5.73 Å². The molecule has 1 aromatic rings. The van der Waals surface area contributed by atoms with Gasteiger partial charge in [-0.05, 0) is 31.5 Å². The van der Waals surface area contributed by atoms with Crippen molar-refractivity contribution in [1.82, 2.24) is 4.72 Å². The van der Waals surface area contributed by atoms with Gasteiger partial charge in [0.05, 0.1) is 10.6 Å². The number of rotatable bonds is 5. The van der Waals surface area contributed by atoms with Crippen molar-refractivity contribution in [2.45, 2.75) is 30.5 Å². The van der Waals surface area contributed by atoms with Gasteiger partial charge in [-0.25, -0.2) is 13.1 Å². The molecule has 0 spiro atoms. The largest absolute Gasteiger partial charge is 0.416 e. The van der Waals surface area contributed by atoms with Crippen LogP contribution in [0.2, 0.25) is 5.02 Å². The van der Waals surface area contributed by atoms with Gasteiger partial charge in [-0.15, -0.1) is 12.4 Å². The first kappa shape index (κ1) is 20.5. The highest BCUT2D eigenvalue weighted by molar-refractivity contribution is 7.89. The molecule has 0 aliphatic heterocycles. The van der Waals surface area contributed by atoms with Gasteiger partial charge >= 0.3 is 6.18 Å². The number of benzene rings is 1. The second kappa shape index (κ2) is 7.64. The van der Waals surface area contributed by atoms with Crippen molar-refractivity contribution >= 4 is 34.0 Å². The maximum atomic E-state index is 12.6. The molecule has 0 fully saturated rings. The molecule has 0 bridgehead atoms. The topological polar surface area (TPSA) is 72.2 Å². The molecule has 21 heavy (non-hydrogen) atoms. The van der Waals surface area contributed by atoms with Gasteiger partial charge in [0.1, 0.15) is 4.90 Å². The summed E-state index contributed by atoms with van der Waals surface area (Å²) >= 11 is 5.66. The molecule has 0 aliphatic carbocycles. The number of sulfonamides is 1. The fourth-order valence-electron chi connectivity index (χ4n) is 1.38. The average Bonchev–Trinajstić information content (AvgIpc) is 2.26. The summed E-state index contributed by atoms with van der Waals surface area (Å²) in [7, 11) is -4.11. The highest BCUT2D eigenvalue weighted by Gasteiger charge is 2.32. The standard InChI is InChI=1S/C11H14ClF3N2O2S.ClH/c1-7(16)4-5-17-20(18,19)10-6-8(11(13,14)15)2-3-9(10)12;/h2-3,6-7,17H,4-5,16H2,1H3;1H. The van der Waals surface area contributed by atoms with Crippen LogP contribution in [-0.2, 0) is 16.2 Å². The van der Waals surface area contributed by atoms with Gasteiger partial charge in [0, 0.05) is 12.6 Å². The lowest BCUT2D eigenvalue weighted by molar-refractivity contribution is -0.137. The van der Waals surface area contributed by atoms with Crippen LogP contribution in [0.25, 0.3) is 0 Å². The normalized spacial score (nSPS) is 13.6. The molecule has 0 aromatic heterocycles. The lowest BCUT2D eigenvalue weighted by atomic mass is 10.2. The number of hydrogen-bond acceptors (Lipinski definition) is 3. The van der Waals surface area contributed by atoms with Crippen molar-refractivity contribution in [3.8, 4) is 0 Å². The summed E-state index contributed by atoms with van der Waals surface area (Å²) in [5.41, 5.74) is 4.39. The Morgan fingerprint density at radius 1 is 1.38 bits per heavy atom. The molecule has 0 aliphatic rings. The highest BCUT2D eigenvalue weighted by Crippen LogP contribution is 2.33. The van der Waals surface area contributed by atoms with Crippen LogP contribution in [0.4, 0.5) is 13.2 Å². The lowest BCUT2D eigenvalue weighted by Gasteiger charge is -2.12. The molecule has 1 atom stereocenters. The van der Waals surface area contributed by atoms with Crippen molar-refractivity contribution in [1.29, 1.82) is 0 Å². The van der Waals surface area contributed by atoms with E-state index >= 15 is 0 Å². The van der Waals surface area contributed by atoms with Crippen molar-refractivity contribution in [3.05, 3.63) is 28.8 Å². The van der Waals surface area contributed by atoms with Crippen LogP contribution in [0.3, 0.4) is 0 Å². The second-order valence-corrected chi connectivity index (χ2v) is 6.45. The molecular weight excluding hydrogens is 352 g/mol. The summed E-state index contributed by atoms with van der Waals surface area (Å²) in [6.45, 7) is 1.71. The molecule has 0 amide bonds. The molecular formula is C11H15Cl2F3N2O2S. The first-order chi connectivity index (χ1) is 9.04. The van der Waals surface area contributed by atoms with E-state index in [0.717, 1.165) is 12.1 Å². The van der Waals surface area contributed by atoms with Crippen LogP contribution in [0.5, 0.6) is 0 Å². The molecule has 0 saturated heterocycles. The Morgan fingerprint density at radius 3 is 2.43 bits per heavy atom. The van der Waals surface area contributed by atoms with E-state index in [1.54, 1.807) is 6.92 Å². The first-order valence-corrected chi connectivity index (χ1v) is 7.52. The highest BCUT2D eigenvalue weighted by atomic mass is 35.5. The van der Waals surface area contributed by atoms with Crippen molar-refractivity contribution in [3.63, 3.8) is 0 Å². The summed E-state index contributed by atoms with van der Waals surface area (Å²) in [4.78, 5) is -0.598. The molecule has 4 nitrogen and oxygen atoms in total. The van der Waals surface area contributed by atoms with E-state index in [2.05, 4.69) is 4.72 Å². The average molecular weight is 367 g/mol. The Hall–Kier alpha value is -0.540. The minimum Gasteiger partial charge on any atom is -0.328 e. The Kier molecular flexibility index (Phi) is 7.44. The van der Waals surface area contributed by atoms with Crippen LogP contribution < -0.4 is 10.5 Å². The molecule has 10 heteroatoms.